The Morgan fingerprint density at radius 2 is 2.04 bits per heavy atom. The average molecular weight is 348 g/mol. The molecule has 1 fully saturated rings. The van der Waals surface area contributed by atoms with Crippen LogP contribution in [-0.4, -0.2) is 26.8 Å². The van der Waals surface area contributed by atoms with Crippen LogP contribution in [0.5, 0.6) is 0 Å². The van der Waals surface area contributed by atoms with Crippen LogP contribution in [0.1, 0.15) is 30.9 Å². The van der Waals surface area contributed by atoms with Gasteiger partial charge < -0.3 is 10.0 Å². The van der Waals surface area contributed by atoms with E-state index in [0.29, 0.717) is 23.6 Å². The summed E-state index contributed by atoms with van der Waals surface area (Å²) in [4.78, 5) is 25.6. The summed E-state index contributed by atoms with van der Waals surface area (Å²) in [6.07, 6.45) is 4.49. The fraction of sp³-hybridized carbons (Fsp3) is 0.353. The van der Waals surface area contributed by atoms with Crippen molar-refractivity contribution >= 4 is 29.2 Å². The Hall–Kier alpha value is -2.34. The molecule has 6 nitrogen and oxygen atoms in total. The average Bonchev–Trinajstić information content (AvgIpc) is 2.96. The number of rotatable bonds is 4. The number of anilines is 1. The van der Waals surface area contributed by atoms with E-state index >= 15 is 0 Å². The number of amides is 1. The van der Waals surface area contributed by atoms with Gasteiger partial charge in [-0.2, -0.15) is 5.10 Å². The van der Waals surface area contributed by atoms with Gasteiger partial charge in [0.25, 0.3) is 0 Å². The van der Waals surface area contributed by atoms with Gasteiger partial charge in [0.05, 0.1) is 24.3 Å². The van der Waals surface area contributed by atoms with Gasteiger partial charge in [0.15, 0.2) is 0 Å². The number of halogens is 1. The van der Waals surface area contributed by atoms with Gasteiger partial charge in [-0.25, -0.2) is 0 Å². The standard InChI is InChI=1S/C17H18ClN3O3/c1-20-10-14(9-19-20)21-15(11-2-5-13(18)6-3-11)7-4-12(17(21)24)8-16(22)23/h2-3,5-6,9-10,12,15H,4,7-8H2,1H3,(H,22,23). The minimum Gasteiger partial charge on any atom is -0.481 e. The Bertz CT molecular complexity index is 757. The third kappa shape index (κ3) is 3.28. The van der Waals surface area contributed by atoms with Gasteiger partial charge in [-0.05, 0) is 30.5 Å². The normalized spacial score (nSPS) is 21.1. The molecule has 1 saturated heterocycles. The van der Waals surface area contributed by atoms with E-state index in [2.05, 4.69) is 5.10 Å². The highest BCUT2D eigenvalue weighted by Crippen LogP contribution is 2.38. The van der Waals surface area contributed by atoms with Gasteiger partial charge in [-0.1, -0.05) is 23.7 Å². The first-order valence-corrected chi connectivity index (χ1v) is 8.12. The zero-order valence-corrected chi connectivity index (χ0v) is 14.0. The van der Waals surface area contributed by atoms with E-state index in [1.807, 2.05) is 12.1 Å². The van der Waals surface area contributed by atoms with E-state index in [9.17, 15) is 9.59 Å². The van der Waals surface area contributed by atoms with E-state index in [1.54, 1.807) is 41.2 Å². The summed E-state index contributed by atoms with van der Waals surface area (Å²) in [6.45, 7) is 0. The molecule has 2 aromatic rings. The molecular weight excluding hydrogens is 330 g/mol. The van der Waals surface area contributed by atoms with Crippen LogP contribution in [0.3, 0.4) is 0 Å². The smallest absolute Gasteiger partial charge is 0.304 e. The number of carbonyl (C=O) groups is 2. The number of hydrogen-bond acceptors (Lipinski definition) is 3. The number of carboxylic acid groups (broad SMARTS) is 1. The molecule has 0 saturated carbocycles. The molecule has 2 atom stereocenters. The number of aromatic nitrogens is 2. The lowest BCUT2D eigenvalue weighted by Crippen LogP contribution is -2.44. The maximum absolute atomic E-state index is 12.9. The first-order valence-electron chi connectivity index (χ1n) is 7.74. The summed E-state index contributed by atoms with van der Waals surface area (Å²) in [7, 11) is 1.78. The van der Waals surface area contributed by atoms with E-state index < -0.39 is 11.9 Å². The van der Waals surface area contributed by atoms with Gasteiger partial charge in [0.1, 0.15) is 0 Å². The Labute approximate surface area is 144 Å². The zero-order chi connectivity index (χ0) is 17.3. The molecule has 2 unspecified atom stereocenters. The van der Waals surface area contributed by atoms with Crippen molar-refractivity contribution in [2.75, 3.05) is 4.90 Å². The Morgan fingerprint density at radius 1 is 1.33 bits per heavy atom. The number of hydrogen-bond donors (Lipinski definition) is 1. The number of benzene rings is 1. The van der Waals surface area contributed by atoms with Crippen molar-refractivity contribution in [1.82, 2.24) is 9.78 Å². The van der Waals surface area contributed by atoms with E-state index in [-0.39, 0.29) is 18.4 Å². The maximum atomic E-state index is 12.9. The van der Waals surface area contributed by atoms with Gasteiger partial charge in [-0.3, -0.25) is 14.3 Å². The van der Waals surface area contributed by atoms with E-state index in [1.165, 1.54) is 0 Å². The van der Waals surface area contributed by atoms with Crippen LogP contribution in [0.2, 0.25) is 5.02 Å². The van der Waals surface area contributed by atoms with Crippen molar-refractivity contribution in [3.63, 3.8) is 0 Å². The highest BCUT2D eigenvalue weighted by atomic mass is 35.5. The van der Waals surface area contributed by atoms with Crippen LogP contribution in [0, 0.1) is 5.92 Å². The van der Waals surface area contributed by atoms with Crippen LogP contribution >= 0.6 is 11.6 Å². The maximum Gasteiger partial charge on any atom is 0.304 e. The molecule has 0 spiro atoms. The molecule has 3 rings (SSSR count). The van der Waals surface area contributed by atoms with Gasteiger partial charge in [0, 0.05) is 24.2 Å². The number of carboxylic acids is 1. The summed E-state index contributed by atoms with van der Waals surface area (Å²) in [6, 6.07) is 7.25. The van der Waals surface area contributed by atoms with Crippen molar-refractivity contribution < 1.29 is 14.7 Å². The topological polar surface area (TPSA) is 75.4 Å². The lowest BCUT2D eigenvalue weighted by molar-refractivity contribution is -0.141. The minimum absolute atomic E-state index is 0.149. The summed E-state index contributed by atoms with van der Waals surface area (Å²) >= 11 is 5.96. The van der Waals surface area contributed by atoms with Crippen LogP contribution < -0.4 is 4.90 Å². The third-order valence-corrected chi connectivity index (χ3v) is 4.58. The molecule has 1 aliphatic heterocycles. The molecule has 1 aromatic heterocycles. The van der Waals surface area contributed by atoms with Crippen LogP contribution in [0.4, 0.5) is 5.69 Å². The Balaban J connectivity index is 1.97. The van der Waals surface area contributed by atoms with E-state index in [4.69, 9.17) is 16.7 Å². The molecule has 0 radical (unpaired) electrons. The fourth-order valence-electron chi connectivity index (χ4n) is 3.20. The monoisotopic (exact) mass is 347 g/mol. The number of nitrogens with zero attached hydrogens (tertiary/aromatic N) is 3. The highest BCUT2D eigenvalue weighted by molar-refractivity contribution is 6.30. The number of aryl methyl sites for hydroxylation is 1. The molecule has 0 aliphatic carbocycles. The van der Waals surface area contributed by atoms with Crippen molar-refractivity contribution in [3.8, 4) is 0 Å². The SMILES string of the molecule is Cn1cc(N2C(=O)C(CC(=O)O)CCC2c2ccc(Cl)cc2)cn1. The lowest BCUT2D eigenvalue weighted by Gasteiger charge is -2.38. The Kier molecular flexibility index (Phi) is 4.57. The predicted octanol–water partition coefficient (Wildman–Crippen LogP) is 3.03. The molecule has 126 valence electrons. The van der Waals surface area contributed by atoms with Crippen molar-refractivity contribution in [1.29, 1.82) is 0 Å². The fourth-order valence-corrected chi connectivity index (χ4v) is 3.33. The van der Waals surface area contributed by atoms with Crippen LogP contribution in [0.25, 0.3) is 0 Å². The molecular formula is C17H18ClN3O3. The predicted molar refractivity (Wildman–Crippen MR) is 89.9 cm³/mol. The molecule has 1 aliphatic rings. The number of piperidine rings is 1. The molecule has 7 heteroatoms. The molecule has 1 aromatic carbocycles. The number of carbonyl (C=O) groups excluding carboxylic acids is 1. The summed E-state index contributed by atoms with van der Waals surface area (Å²) < 4.78 is 1.63. The van der Waals surface area contributed by atoms with Crippen molar-refractivity contribution in [2.24, 2.45) is 13.0 Å². The second-order valence-electron chi connectivity index (χ2n) is 6.02. The molecule has 2 heterocycles. The van der Waals surface area contributed by atoms with Crippen LogP contribution in [-0.2, 0) is 16.6 Å². The second kappa shape index (κ2) is 6.65. The van der Waals surface area contributed by atoms with Gasteiger partial charge >= 0.3 is 5.97 Å². The molecule has 1 amide bonds. The first-order chi connectivity index (χ1) is 11.5. The third-order valence-electron chi connectivity index (χ3n) is 4.33. The largest absolute Gasteiger partial charge is 0.481 e. The van der Waals surface area contributed by atoms with Crippen LogP contribution in [0.15, 0.2) is 36.7 Å². The zero-order valence-electron chi connectivity index (χ0n) is 13.2. The van der Waals surface area contributed by atoms with Gasteiger partial charge in [0.2, 0.25) is 5.91 Å². The minimum atomic E-state index is -0.954. The van der Waals surface area contributed by atoms with Crippen molar-refractivity contribution in [2.45, 2.75) is 25.3 Å². The highest BCUT2D eigenvalue weighted by Gasteiger charge is 2.38. The van der Waals surface area contributed by atoms with Gasteiger partial charge in [-0.15, -0.1) is 0 Å². The summed E-state index contributed by atoms with van der Waals surface area (Å²) in [5.41, 5.74) is 1.66. The lowest BCUT2D eigenvalue weighted by atomic mass is 9.86. The molecule has 24 heavy (non-hydrogen) atoms. The summed E-state index contributed by atoms with van der Waals surface area (Å²) in [5, 5.41) is 13.8. The first kappa shape index (κ1) is 16.5. The van der Waals surface area contributed by atoms with E-state index in [0.717, 1.165) is 5.56 Å². The number of aliphatic carboxylic acids is 1. The quantitative estimate of drug-likeness (QED) is 0.922. The van der Waals surface area contributed by atoms with Crippen molar-refractivity contribution in [3.05, 3.63) is 47.2 Å². The molecule has 1 N–H and O–H groups in total. The Morgan fingerprint density at radius 3 is 2.62 bits per heavy atom. The second-order valence-corrected chi connectivity index (χ2v) is 6.46. The molecule has 0 bridgehead atoms. The summed E-state index contributed by atoms with van der Waals surface area (Å²) in [5.74, 6) is -1.63.